The molecule has 0 bridgehead atoms. The van der Waals surface area contributed by atoms with E-state index < -0.39 is 0 Å². The van der Waals surface area contributed by atoms with E-state index in [1.54, 1.807) is 0 Å². The van der Waals surface area contributed by atoms with Crippen LogP contribution in [0.2, 0.25) is 0 Å². The van der Waals surface area contributed by atoms with E-state index in [1.807, 2.05) is 0 Å². The Morgan fingerprint density at radius 2 is 0.955 bits per heavy atom. The van der Waals surface area contributed by atoms with Crippen molar-refractivity contribution in [3.63, 3.8) is 0 Å². The van der Waals surface area contributed by atoms with Gasteiger partial charge in [-0.05, 0) is 53.5 Å². The SMILES string of the molecule is CCCCCCC(C)(C)N(CCC)C(C)(C)CCCCCC. The van der Waals surface area contributed by atoms with Gasteiger partial charge in [-0.25, -0.2) is 0 Å². The molecule has 0 aromatic carbocycles. The zero-order chi connectivity index (χ0) is 17.1. The molecule has 0 aromatic rings. The van der Waals surface area contributed by atoms with Crippen molar-refractivity contribution in [3.8, 4) is 0 Å². The minimum absolute atomic E-state index is 0.331. The molecule has 0 aliphatic carbocycles. The first-order chi connectivity index (χ1) is 10.3. The van der Waals surface area contributed by atoms with Crippen molar-refractivity contribution in [1.82, 2.24) is 4.90 Å². The maximum atomic E-state index is 2.82. The summed E-state index contributed by atoms with van der Waals surface area (Å²) in [5.41, 5.74) is 0.663. The lowest BCUT2D eigenvalue weighted by atomic mass is 9.85. The largest absolute Gasteiger partial charge is 0.293 e. The third kappa shape index (κ3) is 8.56. The van der Waals surface area contributed by atoms with Gasteiger partial charge in [0.15, 0.2) is 0 Å². The predicted molar refractivity (Wildman–Crippen MR) is 103 cm³/mol. The van der Waals surface area contributed by atoms with E-state index in [0.717, 1.165) is 0 Å². The summed E-state index contributed by atoms with van der Waals surface area (Å²) in [4.78, 5) is 2.82. The van der Waals surface area contributed by atoms with Crippen LogP contribution in [-0.2, 0) is 0 Å². The molecule has 0 radical (unpaired) electrons. The second-order valence-corrected chi connectivity index (χ2v) is 8.40. The molecule has 0 N–H and O–H groups in total. The van der Waals surface area contributed by atoms with E-state index in [2.05, 4.69) is 53.4 Å². The van der Waals surface area contributed by atoms with Crippen molar-refractivity contribution in [3.05, 3.63) is 0 Å². The molecule has 0 rings (SSSR count). The minimum Gasteiger partial charge on any atom is -0.293 e. The molecule has 0 saturated heterocycles. The maximum Gasteiger partial charge on any atom is 0.0158 e. The van der Waals surface area contributed by atoms with Crippen LogP contribution in [0.25, 0.3) is 0 Å². The lowest BCUT2D eigenvalue weighted by Gasteiger charge is -2.49. The van der Waals surface area contributed by atoms with Gasteiger partial charge < -0.3 is 0 Å². The molecular weight excluding hydrogens is 266 g/mol. The van der Waals surface area contributed by atoms with Crippen LogP contribution < -0.4 is 0 Å². The van der Waals surface area contributed by atoms with Gasteiger partial charge in [0.2, 0.25) is 0 Å². The van der Waals surface area contributed by atoms with Crippen LogP contribution in [0.15, 0.2) is 0 Å². The van der Waals surface area contributed by atoms with Gasteiger partial charge in [-0.15, -0.1) is 0 Å². The Bertz CT molecular complexity index is 231. The van der Waals surface area contributed by atoms with Crippen molar-refractivity contribution in [2.24, 2.45) is 0 Å². The topological polar surface area (TPSA) is 3.24 Å². The van der Waals surface area contributed by atoms with Gasteiger partial charge in [-0.3, -0.25) is 4.90 Å². The first kappa shape index (κ1) is 22.0. The number of hydrogen-bond donors (Lipinski definition) is 0. The summed E-state index contributed by atoms with van der Waals surface area (Å²) < 4.78 is 0. The lowest BCUT2D eigenvalue weighted by Crippen LogP contribution is -2.55. The number of unbranched alkanes of at least 4 members (excludes halogenated alkanes) is 6. The van der Waals surface area contributed by atoms with Gasteiger partial charge in [0.1, 0.15) is 0 Å². The molecule has 1 nitrogen and oxygen atoms in total. The van der Waals surface area contributed by atoms with Gasteiger partial charge in [0, 0.05) is 11.1 Å². The molecule has 0 spiro atoms. The lowest BCUT2D eigenvalue weighted by molar-refractivity contribution is 0.00314. The molecule has 0 heterocycles. The third-order valence-electron chi connectivity index (χ3n) is 5.19. The zero-order valence-electron chi connectivity index (χ0n) is 16.9. The quantitative estimate of drug-likeness (QED) is 0.307. The van der Waals surface area contributed by atoms with Gasteiger partial charge in [0.05, 0.1) is 0 Å². The Hall–Kier alpha value is -0.0400. The summed E-state index contributed by atoms with van der Waals surface area (Å²) in [6.45, 7) is 18.1. The average Bonchev–Trinajstić information content (AvgIpc) is 2.45. The van der Waals surface area contributed by atoms with Crippen LogP contribution in [0.4, 0.5) is 0 Å². The second kappa shape index (κ2) is 11.5. The molecule has 0 unspecified atom stereocenters. The molecule has 0 aliphatic rings. The fourth-order valence-corrected chi connectivity index (χ4v) is 3.89. The van der Waals surface area contributed by atoms with E-state index >= 15 is 0 Å². The van der Waals surface area contributed by atoms with Crippen molar-refractivity contribution < 1.29 is 0 Å². The Morgan fingerprint density at radius 3 is 1.27 bits per heavy atom. The van der Waals surface area contributed by atoms with E-state index in [0.29, 0.717) is 11.1 Å². The van der Waals surface area contributed by atoms with Crippen LogP contribution in [0.5, 0.6) is 0 Å². The van der Waals surface area contributed by atoms with Crippen LogP contribution in [0, 0.1) is 0 Å². The van der Waals surface area contributed by atoms with E-state index in [-0.39, 0.29) is 0 Å². The predicted octanol–water partition coefficient (Wildman–Crippen LogP) is 7.20. The van der Waals surface area contributed by atoms with Crippen molar-refractivity contribution in [2.45, 2.75) is 130 Å². The summed E-state index contributed by atoms with van der Waals surface area (Å²) in [6.07, 6.45) is 15.0. The van der Waals surface area contributed by atoms with Crippen LogP contribution in [0.1, 0.15) is 119 Å². The van der Waals surface area contributed by atoms with Crippen molar-refractivity contribution >= 4 is 0 Å². The Balaban J connectivity index is 4.62. The Labute approximate surface area is 142 Å². The highest BCUT2D eigenvalue weighted by atomic mass is 15.2. The molecule has 0 amide bonds. The average molecular weight is 312 g/mol. The molecule has 22 heavy (non-hydrogen) atoms. The summed E-state index contributed by atoms with van der Waals surface area (Å²) in [5.74, 6) is 0. The highest BCUT2D eigenvalue weighted by molar-refractivity contribution is 4.92. The standard InChI is InChI=1S/C21H45N/c1-8-11-13-15-17-20(4,5)22(19-10-3)21(6,7)18-16-14-12-9-2/h8-19H2,1-7H3. The normalized spacial score (nSPS) is 13.1. The second-order valence-electron chi connectivity index (χ2n) is 8.40. The van der Waals surface area contributed by atoms with Gasteiger partial charge in [-0.1, -0.05) is 72.1 Å². The molecule has 1 heteroatoms. The zero-order valence-corrected chi connectivity index (χ0v) is 16.9. The molecule has 0 aromatic heterocycles. The maximum absolute atomic E-state index is 2.82. The molecule has 134 valence electrons. The highest BCUT2D eigenvalue weighted by Gasteiger charge is 2.36. The molecule has 0 saturated carbocycles. The summed E-state index contributed by atoms with van der Waals surface area (Å²) in [7, 11) is 0. The van der Waals surface area contributed by atoms with Crippen molar-refractivity contribution in [1.29, 1.82) is 0 Å². The van der Waals surface area contributed by atoms with E-state index in [4.69, 9.17) is 0 Å². The number of nitrogens with zero attached hydrogens (tertiary/aromatic N) is 1. The van der Waals surface area contributed by atoms with E-state index in [9.17, 15) is 0 Å². The van der Waals surface area contributed by atoms with Gasteiger partial charge >= 0.3 is 0 Å². The van der Waals surface area contributed by atoms with Gasteiger partial charge in [0.25, 0.3) is 0 Å². The Morgan fingerprint density at radius 1 is 0.545 bits per heavy atom. The molecule has 0 fully saturated rings. The van der Waals surface area contributed by atoms with E-state index in [1.165, 1.54) is 77.2 Å². The summed E-state index contributed by atoms with van der Waals surface area (Å²) in [6, 6.07) is 0. The number of hydrogen-bond acceptors (Lipinski definition) is 1. The molecule has 0 atom stereocenters. The number of rotatable bonds is 14. The van der Waals surface area contributed by atoms with Crippen LogP contribution in [0.3, 0.4) is 0 Å². The third-order valence-corrected chi connectivity index (χ3v) is 5.19. The van der Waals surface area contributed by atoms with Gasteiger partial charge in [-0.2, -0.15) is 0 Å². The summed E-state index contributed by atoms with van der Waals surface area (Å²) in [5, 5.41) is 0. The molecular formula is C21H45N. The smallest absolute Gasteiger partial charge is 0.0158 e. The Kier molecular flexibility index (Phi) is 11.5. The minimum atomic E-state index is 0.331. The first-order valence-electron chi connectivity index (χ1n) is 10.1. The first-order valence-corrected chi connectivity index (χ1v) is 10.1. The monoisotopic (exact) mass is 311 g/mol. The fraction of sp³-hybridized carbons (Fsp3) is 1.00. The molecule has 0 aliphatic heterocycles. The van der Waals surface area contributed by atoms with Crippen LogP contribution in [-0.4, -0.2) is 22.5 Å². The summed E-state index contributed by atoms with van der Waals surface area (Å²) >= 11 is 0. The highest BCUT2D eigenvalue weighted by Crippen LogP contribution is 2.33. The fourth-order valence-electron chi connectivity index (χ4n) is 3.89. The van der Waals surface area contributed by atoms with Crippen LogP contribution >= 0.6 is 0 Å². The van der Waals surface area contributed by atoms with Crippen molar-refractivity contribution in [2.75, 3.05) is 6.54 Å².